The molecule has 34 heavy (non-hydrogen) atoms. The van der Waals surface area contributed by atoms with Gasteiger partial charge < -0.3 is 19.7 Å². The van der Waals surface area contributed by atoms with Crippen molar-refractivity contribution in [2.75, 3.05) is 30.8 Å². The zero-order valence-corrected chi connectivity index (χ0v) is 20.2. The minimum absolute atomic E-state index is 0.0844. The number of para-hydroxylation sites is 1. The third kappa shape index (κ3) is 5.72. The zero-order chi connectivity index (χ0) is 23.9. The van der Waals surface area contributed by atoms with Crippen LogP contribution >= 0.6 is 11.8 Å². The number of carbonyl (C=O) groups excluding carboxylic acids is 2. The second kappa shape index (κ2) is 11.1. The summed E-state index contributed by atoms with van der Waals surface area (Å²) in [7, 11) is 0. The fourth-order valence-corrected chi connectivity index (χ4v) is 4.55. The molecule has 3 aromatic rings. The zero-order valence-electron chi connectivity index (χ0n) is 19.4. The van der Waals surface area contributed by atoms with Crippen molar-refractivity contribution in [1.82, 2.24) is 4.90 Å². The van der Waals surface area contributed by atoms with Crippen LogP contribution in [0.15, 0.2) is 71.6 Å². The number of amides is 2. The van der Waals surface area contributed by atoms with Gasteiger partial charge in [0.05, 0.1) is 11.3 Å². The molecule has 2 amide bonds. The van der Waals surface area contributed by atoms with E-state index in [2.05, 4.69) is 5.32 Å². The molecule has 0 aliphatic carbocycles. The number of benzene rings is 3. The summed E-state index contributed by atoms with van der Waals surface area (Å²) >= 11 is 1.36. The van der Waals surface area contributed by atoms with E-state index in [0.29, 0.717) is 43.4 Å². The lowest BCUT2D eigenvalue weighted by molar-refractivity contribution is -0.113. The second-order valence-electron chi connectivity index (χ2n) is 7.96. The molecule has 1 N–H and O–H groups in total. The number of hydrogen-bond donors (Lipinski definition) is 1. The molecular weight excluding hydrogens is 448 g/mol. The minimum Gasteiger partial charge on any atom is -0.486 e. The summed E-state index contributed by atoms with van der Waals surface area (Å²) in [4.78, 5) is 28.5. The van der Waals surface area contributed by atoms with Crippen LogP contribution in [0.4, 0.5) is 5.69 Å². The molecule has 0 bridgehead atoms. The van der Waals surface area contributed by atoms with E-state index in [-0.39, 0.29) is 17.6 Å². The Morgan fingerprint density at radius 1 is 0.971 bits per heavy atom. The first-order chi connectivity index (χ1) is 16.5. The van der Waals surface area contributed by atoms with Crippen LogP contribution in [-0.2, 0) is 11.3 Å². The highest BCUT2D eigenvalue weighted by Crippen LogP contribution is 2.34. The van der Waals surface area contributed by atoms with Crippen molar-refractivity contribution >= 4 is 29.3 Å². The molecule has 0 saturated carbocycles. The molecule has 1 aliphatic heterocycles. The Bertz CT molecular complexity index is 1160. The third-order valence-corrected chi connectivity index (χ3v) is 6.56. The molecule has 0 spiro atoms. The SMILES string of the molecule is CCN(Cc1cccc2c1OCCO2)C(=O)c1ccccc1SCC(=O)Nc1ccc(C)cc1. The lowest BCUT2D eigenvalue weighted by Crippen LogP contribution is -2.31. The van der Waals surface area contributed by atoms with Gasteiger partial charge in [-0.2, -0.15) is 0 Å². The molecule has 7 heteroatoms. The maximum Gasteiger partial charge on any atom is 0.255 e. The molecule has 4 rings (SSSR count). The quantitative estimate of drug-likeness (QED) is 0.455. The van der Waals surface area contributed by atoms with Gasteiger partial charge in [0.15, 0.2) is 11.5 Å². The number of fused-ring (bicyclic) bond motifs is 1. The Morgan fingerprint density at radius 2 is 1.74 bits per heavy atom. The Balaban J connectivity index is 1.45. The van der Waals surface area contributed by atoms with Gasteiger partial charge in [-0.3, -0.25) is 9.59 Å². The van der Waals surface area contributed by atoms with Crippen molar-refractivity contribution in [2.24, 2.45) is 0 Å². The summed E-state index contributed by atoms with van der Waals surface area (Å²) < 4.78 is 11.5. The monoisotopic (exact) mass is 476 g/mol. The average Bonchev–Trinajstić information content (AvgIpc) is 2.87. The molecule has 6 nitrogen and oxygen atoms in total. The van der Waals surface area contributed by atoms with E-state index in [0.717, 1.165) is 21.7 Å². The molecule has 0 saturated heterocycles. The van der Waals surface area contributed by atoms with Crippen LogP contribution in [-0.4, -0.2) is 42.2 Å². The van der Waals surface area contributed by atoms with Crippen molar-refractivity contribution < 1.29 is 19.1 Å². The molecule has 176 valence electrons. The highest BCUT2D eigenvalue weighted by molar-refractivity contribution is 8.00. The van der Waals surface area contributed by atoms with Gasteiger partial charge in [-0.15, -0.1) is 11.8 Å². The first-order valence-electron chi connectivity index (χ1n) is 11.3. The van der Waals surface area contributed by atoms with Crippen molar-refractivity contribution in [1.29, 1.82) is 0 Å². The average molecular weight is 477 g/mol. The van der Waals surface area contributed by atoms with E-state index in [4.69, 9.17) is 9.47 Å². The minimum atomic E-state index is -0.114. The molecule has 0 aromatic heterocycles. The summed E-state index contributed by atoms with van der Waals surface area (Å²) in [5, 5.41) is 2.90. The van der Waals surface area contributed by atoms with Gasteiger partial charge in [0.25, 0.3) is 5.91 Å². The smallest absolute Gasteiger partial charge is 0.255 e. The van der Waals surface area contributed by atoms with Crippen molar-refractivity contribution in [3.63, 3.8) is 0 Å². The van der Waals surface area contributed by atoms with E-state index >= 15 is 0 Å². The number of nitrogens with one attached hydrogen (secondary N) is 1. The van der Waals surface area contributed by atoms with Crippen molar-refractivity contribution in [3.05, 3.63) is 83.4 Å². The Morgan fingerprint density at radius 3 is 2.53 bits per heavy atom. The molecular formula is C27H28N2O4S. The fourth-order valence-electron chi connectivity index (χ4n) is 3.71. The Labute approximate surface area is 204 Å². The fraction of sp³-hybridized carbons (Fsp3) is 0.259. The standard InChI is InChI=1S/C27H28N2O4S/c1-3-29(17-20-7-6-9-23-26(20)33-16-15-32-23)27(31)22-8-4-5-10-24(22)34-18-25(30)28-21-13-11-19(2)12-14-21/h4-14H,3,15-18H2,1-2H3,(H,28,30). The van der Waals surface area contributed by atoms with E-state index in [9.17, 15) is 9.59 Å². The van der Waals surface area contributed by atoms with Crippen LogP contribution in [0.2, 0.25) is 0 Å². The van der Waals surface area contributed by atoms with Gasteiger partial charge in [0.2, 0.25) is 5.91 Å². The van der Waals surface area contributed by atoms with E-state index in [1.54, 1.807) is 4.90 Å². The van der Waals surface area contributed by atoms with Gasteiger partial charge in [0, 0.05) is 29.2 Å². The molecule has 0 radical (unpaired) electrons. The first-order valence-corrected chi connectivity index (χ1v) is 12.3. The molecule has 1 heterocycles. The summed E-state index contributed by atoms with van der Waals surface area (Å²) in [5.41, 5.74) is 3.39. The lowest BCUT2D eigenvalue weighted by Gasteiger charge is -2.26. The highest BCUT2D eigenvalue weighted by Gasteiger charge is 2.22. The van der Waals surface area contributed by atoms with Gasteiger partial charge >= 0.3 is 0 Å². The Hall–Kier alpha value is -3.45. The molecule has 1 aliphatic rings. The first kappa shape index (κ1) is 23.7. The molecule has 0 atom stereocenters. The van der Waals surface area contributed by atoms with Crippen LogP contribution in [0.1, 0.15) is 28.4 Å². The number of aryl methyl sites for hydroxylation is 1. The number of hydrogen-bond acceptors (Lipinski definition) is 5. The van der Waals surface area contributed by atoms with E-state index in [1.165, 1.54) is 11.8 Å². The van der Waals surface area contributed by atoms with E-state index in [1.807, 2.05) is 80.6 Å². The summed E-state index contributed by atoms with van der Waals surface area (Å²) in [5.74, 6) is 1.43. The highest BCUT2D eigenvalue weighted by atomic mass is 32.2. The number of anilines is 1. The van der Waals surface area contributed by atoms with Crippen LogP contribution in [0, 0.1) is 6.92 Å². The van der Waals surface area contributed by atoms with Crippen molar-refractivity contribution in [2.45, 2.75) is 25.3 Å². The number of thioether (sulfide) groups is 1. The number of carbonyl (C=O) groups is 2. The maximum atomic E-state index is 13.5. The van der Waals surface area contributed by atoms with Gasteiger partial charge in [0.1, 0.15) is 13.2 Å². The number of rotatable bonds is 8. The lowest BCUT2D eigenvalue weighted by atomic mass is 10.1. The maximum absolute atomic E-state index is 13.5. The predicted molar refractivity (Wildman–Crippen MR) is 135 cm³/mol. The second-order valence-corrected chi connectivity index (χ2v) is 8.98. The van der Waals surface area contributed by atoms with Gasteiger partial charge in [-0.05, 0) is 44.2 Å². The Kier molecular flexibility index (Phi) is 7.75. The van der Waals surface area contributed by atoms with Crippen molar-refractivity contribution in [3.8, 4) is 11.5 Å². The van der Waals surface area contributed by atoms with Crippen LogP contribution in [0.5, 0.6) is 11.5 Å². The number of nitrogens with zero attached hydrogens (tertiary/aromatic N) is 1. The van der Waals surface area contributed by atoms with Gasteiger partial charge in [-0.25, -0.2) is 0 Å². The largest absolute Gasteiger partial charge is 0.486 e. The summed E-state index contributed by atoms with van der Waals surface area (Å²) in [6.45, 7) is 5.92. The predicted octanol–water partition coefficient (Wildman–Crippen LogP) is 5.16. The van der Waals surface area contributed by atoms with Crippen LogP contribution in [0.25, 0.3) is 0 Å². The van der Waals surface area contributed by atoms with Crippen LogP contribution in [0.3, 0.4) is 0 Å². The third-order valence-electron chi connectivity index (χ3n) is 5.49. The molecule has 0 fully saturated rings. The normalized spacial score (nSPS) is 12.2. The summed E-state index contributed by atoms with van der Waals surface area (Å²) in [6.07, 6.45) is 0. The number of ether oxygens (including phenoxy) is 2. The van der Waals surface area contributed by atoms with Crippen LogP contribution < -0.4 is 14.8 Å². The van der Waals surface area contributed by atoms with E-state index < -0.39 is 0 Å². The molecule has 3 aromatic carbocycles. The topological polar surface area (TPSA) is 67.9 Å². The molecule has 0 unspecified atom stereocenters. The van der Waals surface area contributed by atoms with Gasteiger partial charge in [-0.1, -0.05) is 42.0 Å². The summed E-state index contributed by atoms with van der Waals surface area (Å²) in [6, 6.07) is 20.8.